The predicted molar refractivity (Wildman–Crippen MR) is 71.2 cm³/mol. The number of methoxy groups -OCH3 is 1. The Morgan fingerprint density at radius 2 is 2.28 bits per heavy atom. The Morgan fingerprint density at radius 3 is 2.94 bits per heavy atom. The van der Waals surface area contributed by atoms with Crippen LogP contribution in [0.1, 0.15) is 5.69 Å². The van der Waals surface area contributed by atoms with Crippen molar-refractivity contribution in [3.8, 4) is 10.6 Å². The Morgan fingerprint density at radius 1 is 1.44 bits per heavy atom. The first kappa shape index (κ1) is 12.7. The molecule has 0 aliphatic heterocycles. The zero-order chi connectivity index (χ0) is 13.0. The Hall–Kier alpha value is -1.72. The first-order valence-electron chi connectivity index (χ1n) is 5.54. The molecule has 2 rings (SSSR count). The zero-order valence-corrected chi connectivity index (χ0v) is 10.8. The summed E-state index contributed by atoms with van der Waals surface area (Å²) in [6.45, 7) is 0. The number of rotatable bonds is 4. The van der Waals surface area contributed by atoms with Crippen LogP contribution in [0.25, 0.3) is 10.6 Å². The summed E-state index contributed by atoms with van der Waals surface area (Å²) in [5, 5.41) is 2.00. The van der Waals surface area contributed by atoms with Crippen LogP contribution in [0, 0.1) is 0 Å². The van der Waals surface area contributed by atoms with Crippen LogP contribution in [-0.2, 0) is 16.0 Å². The van der Waals surface area contributed by atoms with Crippen LogP contribution < -0.4 is 5.73 Å². The molecule has 0 aliphatic rings. The van der Waals surface area contributed by atoms with Gasteiger partial charge in [-0.2, -0.15) is 0 Å². The first-order valence-corrected chi connectivity index (χ1v) is 6.42. The molecular weight excluding hydrogens is 248 g/mol. The van der Waals surface area contributed by atoms with E-state index in [1.807, 2.05) is 35.7 Å². The highest BCUT2D eigenvalue weighted by atomic mass is 32.1. The summed E-state index contributed by atoms with van der Waals surface area (Å²) in [6, 6.07) is 9.05. The lowest BCUT2D eigenvalue weighted by molar-refractivity contribution is -0.142. The van der Waals surface area contributed by atoms with Crippen LogP contribution in [-0.4, -0.2) is 24.1 Å². The summed E-state index contributed by atoms with van der Waals surface area (Å²) in [7, 11) is 1.33. The van der Waals surface area contributed by atoms with Crippen molar-refractivity contribution in [1.29, 1.82) is 0 Å². The summed E-state index contributed by atoms with van der Waals surface area (Å²) in [5.74, 6) is -0.418. The van der Waals surface area contributed by atoms with Gasteiger partial charge in [0.2, 0.25) is 0 Å². The highest BCUT2D eigenvalue weighted by Gasteiger charge is 2.15. The number of pyridine rings is 1. The molecule has 0 radical (unpaired) electrons. The third-order valence-electron chi connectivity index (χ3n) is 2.51. The van der Waals surface area contributed by atoms with Gasteiger partial charge in [-0.1, -0.05) is 12.1 Å². The van der Waals surface area contributed by atoms with Gasteiger partial charge in [-0.05, 0) is 23.6 Å². The van der Waals surface area contributed by atoms with Crippen LogP contribution in [0.5, 0.6) is 0 Å². The third-order valence-corrected chi connectivity index (χ3v) is 3.41. The molecule has 0 fully saturated rings. The lowest BCUT2D eigenvalue weighted by Gasteiger charge is -2.09. The van der Waals surface area contributed by atoms with E-state index in [0.717, 1.165) is 16.3 Å². The number of carbonyl (C=O) groups excluding carboxylic acids is 1. The highest BCUT2D eigenvalue weighted by Crippen LogP contribution is 2.22. The maximum absolute atomic E-state index is 11.3. The molecule has 18 heavy (non-hydrogen) atoms. The van der Waals surface area contributed by atoms with Gasteiger partial charge in [-0.3, -0.25) is 9.78 Å². The van der Waals surface area contributed by atoms with E-state index in [2.05, 4.69) is 9.72 Å². The van der Waals surface area contributed by atoms with Crippen molar-refractivity contribution >= 4 is 17.3 Å². The largest absolute Gasteiger partial charge is 0.468 e. The molecule has 5 heteroatoms. The van der Waals surface area contributed by atoms with Crippen LogP contribution in [0.4, 0.5) is 0 Å². The molecule has 1 atom stereocenters. The lowest BCUT2D eigenvalue weighted by Crippen LogP contribution is -2.33. The van der Waals surface area contributed by atoms with Crippen LogP contribution in [0.15, 0.2) is 35.7 Å². The van der Waals surface area contributed by atoms with Crippen molar-refractivity contribution in [1.82, 2.24) is 4.98 Å². The fraction of sp³-hybridized carbons (Fsp3) is 0.231. The molecule has 0 bridgehead atoms. The van der Waals surface area contributed by atoms with Crippen LogP contribution >= 0.6 is 11.3 Å². The Balaban J connectivity index is 2.15. The number of hydrogen-bond donors (Lipinski definition) is 1. The second-order valence-electron chi connectivity index (χ2n) is 3.83. The number of thiophene rings is 1. The average molecular weight is 262 g/mol. The summed E-state index contributed by atoms with van der Waals surface area (Å²) >= 11 is 1.63. The summed E-state index contributed by atoms with van der Waals surface area (Å²) < 4.78 is 4.60. The number of nitrogens with zero attached hydrogens (tertiary/aromatic N) is 1. The van der Waals surface area contributed by atoms with E-state index in [1.165, 1.54) is 7.11 Å². The van der Waals surface area contributed by atoms with E-state index in [4.69, 9.17) is 5.73 Å². The Kier molecular flexibility index (Phi) is 4.07. The standard InChI is InChI=1S/C13H14N2O2S/c1-17-13(16)10(14)8-9-4-2-5-11(15-9)12-6-3-7-18-12/h2-7,10H,8,14H2,1H3. The Bertz CT molecular complexity index is 526. The van der Waals surface area contributed by atoms with Crippen molar-refractivity contribution in [2.24, 2.45) is 5.73 Å². The number of hydrogen-bond acceptors (Lipinski definition) is 5. The van der Waals surface area contributed by atoms with Crippen molar-refractivity contribution < 1.29 is 9.53 Å². The normalized spacial score (nSPS) is 12.1. The van der Waals surface area contributed by atoms with E-state index in [1.54, 1.807) is 11.3 Å². The number of ether oxygens (including phenoxy) is 1. The monoisotopic (exact) mass is 262 g/mol. The van der Waals surface area contributed by atoms with Crippen LogP contribution in [0.3, 0.4) is 0 Å². The fourth-order valence-corrected chi connectivity index (χ4v) is 2.31. The van der Waals surface area contributed by atoms with Gasteiger partial charge in [0.1, 0.15) is 6.04 Å². The summed E-state index contributed by atoms with van der Waals surface area (Å²) in [4.78, 5) is 16.9. The maximum atomic E-state index is 11.3. The Labute approximate surface area is 109 Å². The molecule has 94 valence electrons. The van der Waals surface area contributed by atoms with Crippen molar-refractivity contribution in [3.05, 3.63) is 41.4 Å². The molecular formula is C13H14N2O2S. The van der Waals surface area contributed by atoms with Gasteiger partial charge in [0.25, 0.3) is 0 Å². The highest BCUT2D eigenvalue weighted by molar-refractivity contribution is 7.13. The van der Waals surface area contributed by atoms with Gasteiger partial charge in [0, 0.05) is 12.1 Å². The SMILES string of the molecule is COC(=O)C(N)Cc1cccc(-c2cccs2)n1. The van der Waals surface area contributed by atoms with Gasteiger partial charge in [-0.15, -0.1) is 11.3 Å². The van der Waals surface area contributed by atoms with Gasteiger partial charge in [0.15, 0.2) is 0 Å². The molecule has 2 N–H and O–H groups in total. The van der Waals surface area contributed by atoms with E-state index < -0.39 is 12.0 Å². The molecule has 0 saturated carbocycles. The number of nitrogens with two attached hydrogens (primary N) is 1. The number of carbonyl (C=O) groups is 1. The lowest BCUT2D eigenvalue weighted by atomic mass is 10.1. The predicted octanol–water partition coefficient (Wildman–Crippen LogP) is 1.85. The molecule has 0 aromatic carbocycles. The topological polar surface area (TPSA) is 65.2 Å². The minimum absolute atomic E-state index is 0.381. The summed E-state index contributed by atoms with van der Waals surface area (Å²) in [5.41, 5.74) is 7.41. The minimum atomic E-state index is -0.666. The van der Waals surface area contributed by atoms with E-state index in [0.29, 0.717) is 6.42 Å². The number of aromatic nitrogens is 1. The maximum Gasteiger partial charge on any atom is 0.323 e. The fourth-order valence-electron chi connectivity index (χ4n) is 1.61. The second-order valence-corrected chi connectivity index (χ2v) is 4.77. The van der Waals surface area contributed by atoms with E-state index >= 15 is 0 Å². The van der Waals surface area contributed by atoms with Crippen LogP contribution in [0.2, 0.25) is 0 Å². The quantitative estimate of drug-likeness (QED) is 0.854. The van der Waals surface area contributed by atoms with Crippen molar-refractivity contribution in [3.63, 3.8) is 0 Å². The molecule has 1 unspecified atom stereocenters. The van der Waals surface area contributed by atoms with Crippen molar-refractivity contribution in [2.75, 3.05) is 7.11 Å². The molecule has 2 aromatic rings. The average Bonchev–Trinajstić information content (AvgIpc) is 2.92. The molecule has 2 heterocycles. The first-order chi connectivity index (χ1) is 8.70. The van der Waals surface area contributed by atoms with E-state index in [9.17, 15) is 4.79 Å². The molecule has 0 saturated heterocycles. The minimum Gasteiger partial charge on any atom is -0.468 e. The molecule has 0 amide bonds. The summed E-state index contributed by atoms with van der Waals surface area (Å²) in [6.07, 6.45) is 0.381. The molecule has 4 nitrogen and oxygen atoms in total. The second kappa shape index (κ2) is 5.75. The smallest absolute Gasteiger partial charge is 0.323 e. The molecule has 0 aliphatic carbocycles. The molecule has 2 aromatic heterocycles. The third kappa shape index (κ3) is 2.94. The van der Waals surface area contributed by atoms with Gasteiger partial charge in [-0.25, -0.2) is 0 Å². The zero-order valence-electron chi connectivity index (χ0n) is 10.00. The number of esters is 1. The van der Waals surface area contributed by atoms with Gasteiger partial charge < -0.3 is 10.5 Å². The van der Waals surface area contributed by atoms with E-state index in [-0.39, 0.29) is 0 Å². The van der Waals surface area contributed by atoms with Crippen molar-refractivity contribution in [2.45, 2.75) is 12.5 Å². The van der Waals surface area contributed by atoms with Gasteiger partial charge in [0.05, 0.1) is 17.7 Å². The van der Waals surface area contributed by atoms with Gasteiger partial charge >= 0.3 is 5.97 Å². The molecule has 0 spiro atoms.